The molecular formula is C18H19FO. The Morgan fingerprint density at radius 2 is 1.60 bits per heavy atom. The van der Waals surface area contributed by atoms with E-state index >= 15 is 0 Å². The molecule has 0 aliphatic rings. The third kappa shape index (κ3) is 3.14. The van der Waals surface area contributed by atoms with Crippen molar-refractivity contribution in [3.05, 3.63) is 84.4 Å². The summed E-state index contributed by atoms with van der Waals surface area (Å²) in [5.41, 5.74) is 0.420. The van der Waals surface area contributed by atoms with Gasteiger partial charge in [-0.1, -0.05) is 73.3 Å². The summed E-state index contributed by atoms with van der Waals surface area (Å²) in [6.45, 7) is 3.21. The van der Waals surface area contributed by atoms with Gasteiger partial charge in [0, 0.05) is 5.92 Å². The summed E-state index contributed by atoms with van der Waals surface area (Å²) < 4.78 is 13.4. The van der Waals surface area contributed by atoms with Crippen LogP contribution in [-0.2, 0) is 5.60 Å². The molecule has 0 heterocycles. The third-order valence-corrected chi connectivity index (χ3v) is 3.63. The highest BCUT2D eigenvalue weighted by Crippen LogP contribution is 2.34. The maximum Gasteiger partial charge on any atom is 0.108 e. The van der Waals surface area contributed by atoms with Gasteiger partial charge in [0.25, 0.3) is 0 Å². The smallest absolute Gasteiger partial charge is 0.108 e. The van der Waals surface area contributed by atoms with Gasteiger partial charge in [-0.15, -0.1) is 0 Å². The number of aliphatic hydroxyl groups is 1. The Morgan fingerprint density at radius 3 is 2.10 bits per heavy atom. The van der Waals surface area contributed by atoms with Crippen molar-refractivity contribution < 1.29 is 9.50 Å². The Labute approximate surface area is 119 Å². The van der Waals surface area contributed by atoms with Crippen molar-refractivity contribution in [1.82, 2.24) is 0 Å². The van der Waals surface area contributed by atoms with Crippen LogP contribution >= 0.6 is 0 Å². The van der Waals surface area contributed by atoms with Crippen LogP contribution in [0.15, 0.2) is 73.3 Å². The molecule has 0 saturated heterocycles. The van der Waals surface area contributed by atoms with Gasteiger partial charge in [-0.05, 0) is 17.5 Å². The van der Waals surface area contributed by atoms with E-state index in [2.05, 4.69) is 6.58 Å². The van der Waals surface area contributed by atoms with Crippen LogP contribution in [0.2, 0.25) is 0 Å². The molecule has 2 aromatic rings. The van der Waals surface area contributed by atoms with Gasteiger partial charge in [-0.3, -0.25) is 4.39 Å². The van der Waals surface area contributed by atoms with E-state index in [0.717, 1.165) is 11.1 Å². The molecule has 0 aliphatic heterocycles. The second-order valence-corrected chi connectivity index (χ2v) is 4.96. The number of halogens is 1. The molecule has 0 aromatic heterocycles. The molecular weight excluding hydrogens is 251 g/mol. The molecule has 104 valence electrons. The first kappa shape index (κ1) is 14.5. The molecule has 2 rings (SSSR count). The van der Waals surface area contributed by atoms with Crippen LogP contribution in [-0.4, -0.2) is 11.8 Å². The van der Waals surface area contributed by atoms with Gasteiger partial charge in [0.2, 0.25) is 0 Å². The summed E-state index contributed by atoms with van der Waals surface area (Å²) in [6.07, 6.45) is 1.77. The fraction of sp³-hybridized carbons (Fsp3) is 0.222. The van der Waals surface area contributed by atoms with Crippen molar-refractivity contribution in [3.63, 3.8) is 0 Å². The number of hydrogen-bond acceptors (Lipinski definition) is 1. The molecule has 0 fully saturated rings. The first-order valence-corrected chi connectivity index (χ1v) is 6.72. The van der Waals surface area contributed by atoms with Gasteiger partial charge in [0.15, 0.2) is 0 Å². The summed E-state index contributed by atoms with van der Waals surface area (Å²) in [5, 5.41) is 10.8. The largest absolute Gasteiger partial charge is 0.381 e. The van der Waals surface area contributed by atoms with E-state index in [1.54, 1.807) is 0 Å². The van der Waals surface area contributed by atoms with Crippen molar-refractivity contribution in [1.29, 1.82) is 0 Å². The van der Waals surface area contributed by atoms with Crippen LogP contribution in [0, 0.1) is 0 Å². The quantitative estimate of drug-likeness (QED) is 0.780. The van der Waals surface area contributed by atoms with Crippen LogP contribution in [0.1, 0.15) is 23.5 Å². The molecule has 2 heteroatoms. The predicted octanol–water partition coefficient (Wildman–Crippen LogP) is 4.20. The average Bonchev–Trinajstić information content (AvgIpc) is 2.54. The number of benzene rings is 2. The van der Waals surface area contributed by atoms with Gasteiger partial charge in [-0.25, -0.2) is 0 Å². The van der Waals surface area contributed by atoms with E-state index in [1.807, 2.05) is 60.7 Å². The van der Waals surface area contributed by atoms with Gasteiger partial charge in [-0.2, -0.15) is 0 Å². The molecule has 0 bridgehead atoms. The Kier molecular flexibility index (Phi) is 4.70. The molecule has 1 nitrogen and oxygen atoms in total. The zero-order valence-corrected chi connectivity index (χ0v) is 11.4. The number of hydrogen-bond donors (Lipinski definition) is 1. The van der Waals surface area contributed by atoms with Crippen molar-refractivity contribution in [2.75, 3.05) is 6.67 Å². The standard InChI is InChI=1S/C18H19FO/c1-2-18(20,17-11-7-4-8-12-17)13-16(14-19)15-9-5-3-6-10-15/h2-12,16,20H,1,13-14H2. The summed E-state index contributed by atoms with van der Waals surface area (Å²) in [6, 6.07) is 18.7. The minimum atomic E-state index is -1.21. The molecule has 0 saturated carbocycles. The maximum absolute atomic E-state index is 13.4. The van der Waals surface area contributed by atoms with Crippen molar-refractivity contribution in [2.24, 2.45) is 0 Å². The molecule has 2 atom stereocenters. The average molecular weight is 270 g/mol. The lowest BCUT2D eigenvalue weighted by atomic mass is 9.82. The highest BCUT2D eigenvalue weighted by Gasteiger charge is 2.30. The Morgan fingerprint density at radius 1 is 1.05 bits per heavy atom. The lowest BCUT2D eigenvalue weighted by molar-refractivity contribution is 0.0680. The van der Waals surface area contributed by atoms with Gasteiger partial charge in [0.1, 0.15) is 5.60 Å². The van der Waals surface area contributed by atoms with Crippen molar-refractivity contribution in [2.45, 2.75) is 17.9 Å². The van der Waals surface area contributed by atoms with Gasteiger partial charge >= 0.3 is 0 Å². The second-order valence-electron chi connectivity index (χ2n) is 4.96. The molecule has 2 aromatic carbocycles. The Bertz CT molecular complexity index is 538. The van der Waals surface area contributed by atoms with Gasteiger partial charge in [0.05, 0.1) is 6.67 Å². The van der Waals surface area contributed by atoms with E-state index in [1.165, 1.54) is 6.08 Å². The molecule has 1 N–H and O–H groups in total. The Balaban J connectivity index is 2.27. The zero-order valence-electron chi connectivity index (χ0n) is 11.4. The SMILES string of the molecule is C=CC(O)(CC(CF)c1ccccc1)c1ccccc1. The maximum atomic E-state index is 13.4. The van der Waals surface area contributed by atoms with E-state index in [4.69, 9.17) is 0 Å². The minimum absolute atomic E-state index is 0.279. The van der Waals surface area contributed by atoms with Gasteiger partial charge < -0.3 is 5.11 Å². The summed E-state index contributed by atoms with van der Waals surface area (Å²) in [4.78, 5) is 0. The minimum Gasteiger partial charge on any atom is -0.381 e. The van der Waals surface area contributed by atoms with Crippen LogP contribution in [0.25, 0.3) is 0 Å². The Hall–Kier alpha value is -1.93. The van der Waals surface area contributed by atoms with Crippen LogP contribution in [0.3, 0.4) is 0 Å². The first-order valence-electron chi connectivity index (χ1n) is 6.72. The first-order chi connectivity index (χ1) is 9.69. The predicted molar refractivity (Wildman–Crippen MR) is 80.3 cm³/mol. The highest BCUT2D eigenvalue weighted by atomic mass is 19.1. The number of rotatable bonds is 6. The van der Waals surface area contributed by atoms with E-state index < -0.39 is 12.3 Å². The third-order valence-electron chi connectivity index (χ3n) is 3.63. The molecule has 2 unspecified atom stereocenters. The molecule has 20 heavy (non-hydrogen) atoms. The van der Waals surface area contributed by atoms with Crippen LogP contribution < -0.4 is 0 Å². The van der Waals surface area contributed by atoms with E-state index in [9.17, 15) is 9.50 Å². The lowest BCUT2D eigenvalue weighted by Crippen LogP contribution is -2.26. The molecule has 0 spiro atoms. The normalized spacial score (nSPS) is 15.3. The van der Waals surface area contributed by atoms with Crippen LogP contribution in [0.5, 0.6) is 0 Å². The lowest BCUT2D eigenvalue weighted by Gasteiger charge is -2.29. The fourth-order valence-electron chi connectivity index (χ4n) is 2.41. The fourth-order valence-corrected chi connectivity index (χ4v) is 2.41. The molecule has 0 amide bonds. The molecule has 0 radical (unpaired) electrons. The monoisotopic (exact) mass is 270 g/mol. The van der Waals surface area contributed by atoms with Crippen molar-refractivity contribution in [3.8, 4) is 0 Å². The van der Waals surface area contributed by atoms with E-state index in [0.29, 0.717) is 0 Å². The topological polar surface area (TPSA) is 20.2 Å². The summed E-state index contributed by atoms with van der Waals surface area (Å²) in [5.74, 6) is -0.348. The summed E-state index contributed by atoms with van der Waals surface area (Å²) in [7, 11) is 0. The van der Waals surface area contributed by atoms with Crippen LogP contribution in [0.4, 0.5) is 4.39 Å². The summed E-state index contributed by atoms with van der Waals surface area (Å²) >= 11 is 0. The number of alkyl halides is 1. The van der Waals surface area contributed by atoms with Crippen molar-refractivity contribution >= 4 is 0 Å². The van der Waals surface area contributed by atoms with E-state index in [-0.39, 0.29) is 12.3 Å². The molecule has 0 aliphatic carbocycles. The zero-order chi connectivity index (χ0) is 14.4. The highest BCUT2D eigenvalue weighted by molar-refractivity contribution is 5.29. The second kappa shape index (κ2) is 6.49.